The molecule has 1 aromatic heterocycles. The second kappa shape index (κ2) is 5.96. The van der Waals surface area contributed by atoms with E-state index in [4.69, 9.17) is 5.73 Å². The maximum atomic E-state index is 12.3. The SMILES string of the molecule is CC1CCCN(C(=O)c2ccc(CN)cn2)CC1. The topological polar surface area (TPSA) is 59.2 Å². The number of carbonyl (C=O) groups is 1. The quantitative estimate of drug-likeness (QED) is 0.867. The molecule has 1 aliphatic rings. The van der Waals surface area contributed by atoms with Gasteiger partial charge in [0.15, 0.2) is 0 Å². The minimum absolute atomic E-state index is 0.0488. The Labute approximate surface area is 108 Å². The van der Waals surface area contributed by atoms with E-state index in [9.17, 15) is 4.79 Å². The predicted octanol–water partition coefficient (Wildman–Crippen LogP) is 1.80. The zero-order valence-corrected chi connectivity index (χ0v) is 10.9. The lowest BCUT2D eigenvalue weighted by atomic mass is 10.0. The van der Waals surface area contributed by atoms with E-state index in [1.54, 1.807) is 12.3 Å². The van der Waals surface area contributed by atoms with Gasteiger partial charge >= 0.3 is 0 Å². The number of amides is 1. The number of rotatable bonds is 2. The highest BCUT2D eigenvalue weighted by Gasteiger charge is 2.20. The molecule has 1 fully saturated rings. The lowest BCUT2D eigenvalue weighted by molar-refractivity contribution is 0.0754. The van der Waals surface area contributed by atoms with E-state index < -0.39 is 0 Å². The summed E-state index contributed by atoms with van der Waals surface area (Å²) in [6.07, 6.45) is 5.08. The summed E-state index contributed by atoms with van der Waals surface area (Å²) >= 11 is 0. The molecule has 18 heavy (non-hydrogen) atoms. The molecule has 4 nitrogen and oxygen atoms in total. The van der Waals surface area contributed by atoms with Gasteiger partial charge in [0.05, 0.1) is 0 Å². The highest BCUT2D eigenvalue weighted by atomic mass is 16.2. The van der Waals surface area contributed by atoms with Crippen molar-refractivity contribution < 1.29 is 4.79 Å². The number of pyridine rings is 1. The van der Waals surface area contributed by atoms with Gasteiger partial charge in [-0.3, -0.25) is 9.78 Å². The van der Waals surface area contributed by atoms with Crippen molar-refractivity contribution in [1.29, 1.82) is 0 Å². The first kappa shape index (κ1) is 13.0. The Morgan fingerprint density at radius 2 is 2.28 bits per heavy atom. The summed E-state index contributed by atoms with van der Waals surface area (Å²) < 4.78 is 0. The van der Waals surface area contributed by atoms with Crippen LogP contribution in [0.4, 0.5) is 0 Å². The first-order valence-corrected chi connectivity index (χ1v) is 6.65. The van der Waals surface area contributed by atoms with Crippen LogP contribution in [0.25, 0.3) is 0 Å². The Hall–Kier alpha value is -1.42. The van der Waals surface area contributed by atoms with Crippen LogP contribution in [0.3, 0.4) is 0 Å². The van der Waals surface area contributed by atoms with E-state index in [-0.39, 0.29) is 5.91 Å². The summed E-state index contributed by atoms with van der Waals surface area (Å²) in [5, 5.41) is 0. The molecule has 0 aromatic carbocycles. The van der Waals surface area contributed by atoms with Crippen molar-refractivity contribution in [2.75, 3.05) is 13.1 Å². The fourth-order valence-electron chi connectivity index (χ4n) is 2.30. The van der Waals surface area contributed by atoms with Crippen molar-refractivity contribution in [3.05, 3.63) is 29.6 Å². The van der Waals surface area contributed by atoms with Gasteiger partial charge < -0.3 is 10.6 Å². The maximum absolute atomic E-state index is 12.3. The Kier molecular flexibility index (Phi) is 4.31. The first-order chi connectivity index (χ1) is 8.70. The molecule has 1 aliphatic heterocycles. The minimum atomic E-state index is 0.0488. The molecular weight excluding hydrogens is 226 g/mol. The van der Waals surface area contributed by atoms with Crippen molar-refractivity contribution in [2.24, 2.45) is 11.7 Å². The molecule has 0 saturated carbocycles. The molecule has 0 aliphatic carbocycles. The van der Waals surface area contributed by atoms with Crippen LogP contribution in [0.15, 0.2) is 18.3 Å². The third-order valence-electron chi connectivity index (χ3n) is 3.58. The molecule has 4 heteroatoms. The molecule has 1 saturated heterocycles. The van der Waals surface area contributed by atoms with Crippen molar-refractivity contribution in [1.82, 2.24) is 9.88 Å². The van der Waals surface area contributed by atoms with E-state index in [0.717, 1.165) is 37.4 Å². The lowest BCUT2D eigenvalue weighted by Crippen LogP contribution is -2.32. The minimum Gasteiger partial charge on any atom is -0.337 e. The maximum Gasteiger partial charge on any atom is 0.272 e. The van der Waals surface area contributed by atoms with Crippen molar-refractivity contribution in [2.45, 2.75) is 32.7 Å². The van der Waals surface area contributed by atoms with Crippen LogP contribution < -0.4 is 5.73 Å². The van der Waals surface area contributed by atoms with Crippen LogP contribution in [-0.2, 0) is 6.54 Å². The Morgan fingerprint density at radius 3 is 2.94 bits per heavy atom. The molecule has 1 amide bonds. The number of nitrogens with zero attached hydrogens (tertiary/aromatic N) is 2. The normalized spacial score (nSPS) is 20.6. The summed E-state index contributed by atoms with van der Waals surface area (Å²) in [7, 11) is 0. The van der Waals surface area contributed by atoms with Gasteiger partial charge in [0.1, 0.15) is 5.69 Å². The van der Waals surface area contributed by atoms with Crippen LogP contribution in [0.5, 0.6) is 0 Å². The van der Waals surface area contributed by atoms with Gasteiger partial charge in [-0.05, 0) is 36.8 Å². The molecule has 1 unspecified atom stereocenters. The largest absolute Gasteiger partial charge is 0.337 e. The highest BCUT2D eigenvalue weighted by Crippen LogP contribution is 2.17. The molecule has 2 rings (SSSR count). The average Bonchev–Trinajstić information content (AvgIpc) is 2.63. The second-order valence-electron chi connectivity index (χ2n) is 5.08. The molecule has 0 radical (unpaired) electrons. The number of hydrogen-bond donors (Lipinski definition) is 1. The number of carbonyl (C=O) groups excluding carboxylic acids is 1. The molecular formula is C14H21N3O. The van der Waals surface area contributed by atoms with E-state index in [0.29, 0.717) is 12.2 Å². The van der Waals surface area contributed by atoms with Crippen molar-refractivity contribution >= 4 is 5.91 Å². The van der Waals surface area contributed by atoms with Crippen LogP contribution >= 0.6 is 0 Å². The summed E-state index contributed by atoms with van der Waals surface area (Å²) in [6, 6.07) is 3.65. The Balaban J connectivity index is 2.05. The standard InChI is InChI=1S/C14H21N3O/c1-11-3-2-7-17(8-6-11)14(18)13-5-4-12(9-15)10-16-13/h4-5,10-11H,2-3,6-9,15H2,1H3. The van der Waals surface area contributed by atoms with Gasteiger partial charge in [-0.1, -0.05) is 13.0 Å². The zero-order chi connectivity index (χ0) is 13.0. The molecule has 0 spiro atoms. The molecule has 2 heterocycles. The monoisotopic (exact) mass is 247 g/mol. The highest BCUT2D eigenvalue weighted by molar-refractivity contribution is 5.92. The fraction of sp³-hybridized carbons (Fsp3) is 0.571. The van der Waals surface area contributed by atoms with Gasteiger partial charge in [0.25, 0.3) is 5.91 Å². The summed E-state index contributed by atoms with van der Waals surface area (Å²) in [5.74, 6) is 0.767. The van der Waals surface area contributed by atoms with Crippen LogP contribution in [0.1, 0.15) is 42.2 Å². The summed E-state index contributed by atoms with van der Waals surface area (Å²) in [6.45, 7) is 4.41. The van der Waals surface area contributed by atoms with Crippen molar-refractivity contribution in [3.63, 3.8) is 0 Å². The smallest absolute Gasteiger partial charge is 0.272 e. The van der Waals surface area contributed by atoms with Gasteiger partial charge in [-0.15, -0.1) is 0 Å². The van der Waals surface area contributed by atoms with Gasteiger partial charge in [-0.2, -0.15) is 0 Å². The lowest BCUT2D eigenvalue weighted by Gasteiger charge is -2.19. The Morgan fingerprint density at radius 1 is 1.44 bits per heavy atom. The summed E-state index contributed by atoms with van der Waals surface area (Å²) in [5.41, 5.74) is 7.00. The van der Waals surface area contributed by atoms with Crippen LogP contribution in [-0.4, -0.2) is 28.9 Å². The molecule has 1 aromatic rings. The zero-order valence-electron chi connectivity index (χ0n) is 10.9. The van der Waals surface area contributed by atoms with E-state index in [2.05, 4.69) is 11.9 Å². The van der Waals surface area contributed by atoms with E-state index >= 15 is 0 Å². The van der Waals surface area contributed by atoms with E-state index in [1.807, 2.05) is 11.0 Å². The molecule has 2 N–H and O–H groups in total. The van der Waals surface area contributed by atoms with Gasteiger partial charge in [0.2, 0.25) is 0 Å². The number of aromatic nitrogens is 1. The predicted molar refractivity (Wildman–Crippen MR) is 71.0 cm³/mol. The fourth-order valence-corrected chi connectivity index (χ4v) is 2.30. The van der Waals surface area contributed by atoms with Gasteiger partial charge in [-0.25, -0.2) is 0 Å². The second-order valence-corrected chi connectivity index (χ2v) is 5.08. The molecule has 0 bridgehead atoms. The summed E-state index contributed by atoms with van der Waals surface area (Å²) in [4.78, 5) is 18.4. The van der Waals surface area contributed by atoms with Gasteiger partial charge in [0, 0.05) is 25.8 Å². The average molecular weight is 247 g/mol. The van der Waals surface area contributed by atoms with Crippen LogP contribution in [0.2, 0.25) is 0 Å². The molecule has 98 valence electrons. The number of likely N-dealkylation sites (tertiary alicyclic amines) is 1. The molecule has 1 atom stereocenters. The van der Waals surface area contributed by atoms with E-state index in [1.165, 1.54) is 6.42 Å². The Bertz CT molecular complexity index is 402. The van der Waals surface area contributed by atoms with Crippen LogP contribution in [0, 0.1) is 5.92 Å². The third kappa shape index (κ3) is 3.07. The first-order valence-electron chi connectivity index (χ1n) is 6.65. The van der Waals surface area contributed by atoms with Crippen molar-refractivity contribution in [3.8, 4) is 0 Å². The number of hydrogen-bond acceptors (Lipinski definition) is 3. The number of nitrogens with two attached hydrogens (primary N) is 1. The third-order valence-corrected chi connectivity index (χ3v) is 3.58.